The summed E-state index contributed by atoms with van der Waals surface area (Å²) in [5, 5.41) is 2.74. The van der Waals surface area contributed by atoms with Crippen LogP contribution in [0.1, 0.15) is 35.6 Å². The van der Waals surface area contributed by atoms with Crippen LogP contribution in [0.2, 0.25) is 0 Å². The van der Waals surface area contributed by atoms with Crippen molar-refractivity contribution in [2.75, 3.05) is 0 Å². The van der Waals surface area contributed by atoms with Crippen LogP contribution in [-0.2, 0) is 24.5 Å². The zero-order chi connectivity index (χ0) is 25.0. The van der Waals surface area contributed by atoms with Gasteiger partial charge in [0.25, 0.3) is 5.24 Å². The molecule has 0 N–H and O–H groups in total. The predicted molar refractivity (Wildman–Crippen MR) is 113 cm³/mol. The van der Waals surface area contributed by atoms with E-state index in [9.17, 15) is 27.2 Å². The Morgan fingerprint density at radius 1 is 1.21 bits per heavy atom. The maximum atomic E-state index is 14.8. The van der Waals surface area contributed by atoms with E-state index in [1.54, 1.807) is 6.92 Å². The van der Waals surface area contributed by atoms with E-state index in [1.807, 2.05) is 30.3 Å². The summed E-state index contributed by atoms with van der Waals surface area (Å²) in [5.41, 5.74) is -0.665. The molecule has 0 fully saturated rings. The van der Waals surface area contributed by atoms with Crippen molar-refractivity contribution in [1.82, 2.24) is 19.3 Å². The second-order valence-electron chi connectivity index (χ2n) is 7.06. The Morgan fingerprint density at radius 3 is 2.47 bits per heavy atom. The van der Waals surface area contributed by atoms with Crippen LogP contribution in [0.4, 0.5) is 17.6 Å². The van der Waals surface area contributed by atoms with Crippen LogP contribution in [0.3, 0.4) is 0 Å². The monoisotopic (exact) mass is 502 g/mol. The van der Waals surface area contributed by atoms with Crippen LogP contribution in [-0.4, -0.2) is 36.9 Å². The topological polar surface area (TPSA) is 88.2 Å². The quantitative estimate of drug-likeness (QED) is 0.324. The Labute approximate surface area is 195 Å². The molecular formula is C21H19ClF4N4O4. The van der Waals surface area contributed by atoms with Crippen molar-refractivity contribution in [3.63, 3.8) is 0 Å². The minimum Gasteiger partial charge on any atom is -0.464 e. The van der Waals surface area contributed by atoms with Gasteiger partial charge in [0, 0.05) is 6.54 Å². The Hall–Kier alpha value is -3.25. The lowest BCUT2D eigenvalue weighted by Crippen LogP contribution is -2.32. The van der Waals surface area contributed by atoms with Gasteiger partial charge in [-0.3, -0.25) is 9.36 Å². The van der Waals surface area contributed by atoms with E-state index in [2.05, 4.69) is 10.1 Å². The highest BCUT2D eigenvalue weighted by atomic mass is 35.5. The summed E-state index contributed by atoms with van der Waals surface area (Å²) in [5.74, 6) is -2.72. The first-order chi connectivity index (χ1) is 16.0. The summed E-state index contributed by atoms with van der Waals surface area (Å²) < 4.78 is 65.7. The lowest BCUT2D eigenvalue weighted by molar-refractivity contribution is -0.190. The van der Waals surface area contributed by atoms with E-state index in [4.69, 9.17) is 21.1 Å². The predicted octanol–water partition coefficient (Wildman–Crippen LogP) is 4.01. The number of aromatic nitrogens is 4. The van der Waals surface area contributed by atoms with Crippen LogP contribution in [0.25, 0.3) is 5.82 Å². The fraction of sp³-hybridized carbons (Fsp3) is 0.333. The molecule has 0 unspecified atom stereocenters. The van der Waals surface area contributed by atoms with Gasteiger partial charge in [-0.25, -0.2) is 9.18 Å². The van der Waals surface area contributed by atoms with Crippen molar-refractivity contribution >= 4 is 16.8 Å². The molecule has 0 bridgehead atoms. The molecular weight excluding hydrogens is 484 g/mol. The SMILES string of the molecule is CCn1c(COCc2ccccc2)nn(-c2nc(O[C@@H](C)C(F)(F)F)c(C(=O)Cl)cc2F)c1=O. The van der Waals surface area contributed by atoms with Gasteiger partial charge in [-0.05, 0) is 37.1 Å². The van der Waals surface area contributed by atoms with Gasteiger partial charge in [-0.15, -0.1) is 5.10 Å². The number of nitrogens with zero attached hydrogens (tertiary/aromatic N) is 4. The largest absolute Gasteiger partial charge is 0.464 e. The number of hydrogen-bond acceptors (Lipinski definition) is 6. The second-order valence-corrected chi connectivity index (χ2v) is 7.40. The first-order valence-corrected chi connectivity index (χ1v) is 10.3. The molecule has 3 rings (SSSR count). The molecule has 182 valence electrons. The molecule has 0 radical (unpaired) electrons. The molecule has 2 aromatic heterocycles. The third-order valence-corrected chi connectivity index (χ3v) is 4.89. The maximum Gasteiger partial charge on any atom is 0.425 e. The smallest absolute Gasteiger partial charge is 0.425 e. The van der Waals surface area contributed by atoms with E-state index in [0.717, 1.165) is 5.56 Å². The van der Waals surface area contributed by atoms with Gasteiger partial charge in [-0.1, -0.05) is 30.3 Å². The molecule has 13 heteroatoms. The Balaban J connectivity index is 1.97. The third-order valence-electron chi connectivity index (χ3n) is 4.68. The third kappa shape index (κ3) is 5.62. The molecule has 0 saturated heterocycles. The van der Waals surface area contributed by atoms with Crippen molar-refractivity contribution in [2.24, 2.45) is 0 Å². The van der Waals surface area contributed by atoms with E-state index in [1.165, 1.54) is 4.57 Å². The lowest BCUT2D eigenvalue weighted by atomic mass is 10.2. The molecule has 1 aromatic carbocycles. The number of alkyl halides is 3. The number of rotatable bonds is 9. The van der Waals surface area contributed by atoms with Gasteiger partial charge in [0.05, 0.1) is 12.2 Å². The number of halogens is 5. The highest BCUT2D eigenvalue weighted by Crippen LogP contribution is 2.28. The van der Waals surface area contributed by atoms with Gasteiger partial charge in [0.15, 0.2) is 23.6 Å². The number of carbonyl (C=O) groups excluding carboxylic acids is 1. The molecule has 1 atom stereocenters. The normalized spacial score (nSPS) is 12.6. The minimum absolute atomic E-state index is 0.112. The van der Waals surface area contributed by atoms with Crippen LogP contribution in [0, 0.1) is 5.82 Å². The average Bonchev–Trinajstić information content (AvgIpc) is 3.09. The summed E-state index contributed by atoms with van der Waals surface area (Å²) >= 11 is 5.36. The van der Waals surface area contributed by atoms with Crippen LogP contribution in [0.15, 0.2) is 41.2 Å². The van der Waals surface area contributed by atoms with Crippen molar-refractivity contribution < 1.29 is 31.8 Å². The lowest BCUT2D eigenvalue weighted by Gasteiger charge is -2.18. The van der Waals surface area contributed by atoms with E-state index in [0.29, 0.717) is 17.7 Å². The van der Waals surface area contributed by atoms with Crippen LogP contribution in [0.5, 0.6) is 5.88 Å². The summed E-state index contributed by atoms with van der Waals surface area (Å²) in [4.78, 5) is 28.0. The number of carbonyl (C=O) groups is 1. The van der Waals surface area contributed by atoms with Gasteiger partial charge in [-0.2, -0.15) is 22.8 Å². The zero-order valence-corrected chi connectivity index (χ0v) is 18.7. The molecule has 2 heterocycles. The van der Waals surface area contributed by atoms with Crippen LogP contribution < -0.4 is 10.4 Å². The number of hydrogen-bond donors (Lipinski definition) is 0. The molecule has 0 amide bonds. The summed E-state index contributed by atoms with van der Waals surface area (Å²) in [6.45, 7) is 2.58. The molecule has 0 aliphatic heterocycles. The second kappa shape index (κ2) is 10.3. The van der Waals surface area contributed by atoms with E-state index >= 15 is 0 Å². The van der Waals surface area contributed by atoms with Crippen molar-refractivity contribution in [2.45, 2.75) is 45.9 Å². The summed E-state index contributed by atoms with van der Waals surface area (Å²) in [6, 6.07) is 9.73. The molecule has 0 aliphatic rings. The van der Waals surface area contributed by atoms with Gasteiger partial charge < -0.3 is 9.47 Å². The molecule has 0 spiro atoms. The highest BCUT2D eigenvalue weighted by molar-refractivity contribution is 6.68. The number of ether oxygens (including phenoxy) is 2. The molecule has 0 saturated carbocycles. The van der Waals surface area contributed by atoms with Crippen molar-refractivity contribution in [3.8, 4) is 11.7 Å². The molecule has 3 aromatic rings. The first-order valence-electron chi connectivity index (χ1n) is 9.97. The number of pyridine rings is 1. The Kier molecular flexibility index (Phi) is 7.72. The Bertz CT molecular complexity index is 1230. The minimum atomic E-state index is -4.80. The van der Waals surface area contributed by atoms with Gasteiger partial charge in [0.1, 0.15) is 6.61 Å². The van der Waals surface area contributed by atoms with E-state index in [-0.39, 0.29) is 25.6 Å². The van der Waals surface area contributed by atoms with Crippen LogP contribution >= 0.6 is 11.6 Å². The first kappa shape index (κ1) is 25.4. The standard InChI is InChI=1S/C21H19ClF4N4O4/c1-3-29-16(11-33-10-13-7-5-4-6-8-13)28-30(20(29)32)18-15(23)9-14(17(22)31)19(27-18)34-12(2)21(24,25)26/h4-9,12H,3,10-11H2,1-2H3/t12-/m0/s1. The average molecular weight is 503 g/mol. The van der Waals surface area contributed by atoms with E-state index < -0.39 is 46.3 Å². The van der Waals surface area contributed by atoms with Crippen molar-refractivity contribution in [1.29, 1.82) is 0 Å². The van der Waals surface area contributed by atoms with Gasteiger partial charge >= 0.3 is 11.9 Å². The molecule has 0 aliphatic carbocycles. The Morgan fingerprint density at radius 2 is 1.88 bits per heavy atom. The number of benzene rings is 1. The fourth-order valence-corrected chi connectivity index (χ4v) is 3.05. The maximum absolute atomic E-state index is 14.8. The summed E-state index contributed by atoms with van der Waals surface area (Å²) in [6.07, 6.45) is -7.19. The molecule has 34 heavy (non-hydrogen) atoms. The highest BCUT2D eigenvalue weighted by Gasteiger charge is 2.39. The van der Waals surface area contributed by atoms with Gasteiger partial charge in [0.2, 0.25) is 5.88 Å². The fourth-order valence-electron chi connectivity index (χ4n) is 2.91. The summed E-state index contributed by atoms with van der Waals surface area (Å²) in [7, 11) is 0. The zero-order valence-electron chi connectivity index (χ0n) is 18.0. The molecule has 8 nitrogen and oxygen atoms in total. The van der Waals surface area contributed by atoms with Crippen molar-refractivity contribution in [3.05, 3.63) is 69.7 Å².